The highest BCUT2D eigenvalue weighted by Crippen LogP contribution is 2.13. The van der Waals surface area contributed by atoms with Crippen molar-refractivity contribution < 1.29 is 4.79 Å². The molecule has 1 atom stereocenters. The fourth-order valence-corrected chi connectivity index (χ4v) is 2.63. The third-order valence-electron chi connectivity index (χ3n) is 3.71. The van der Waals surface area contributed by atoms with E-state index in [1.807, 2.05) is 13.1 Å². The number of hydrogen-bond donors (Lipinski definition) is 2. The summed E-state index contributed by atoms with van der Waals surface area (Å²) in [6.45, 7) is 6.34. The second-order valence-electron chi connectivity index (χ2n) is 5.49. The molecule has 1 aromatic heterocycles. The van der Waals surface area contributed by atoms with Crippen molar-refractivity contribution in [1.82, 2.24) is 15.2 Å². The van der Waals surface area contributed by atoms with Gasteiger partial charge in [0.05, 0.1) is 5.56 Å². The number of hydrogen-bond acceptors (Lipinski definition) is 4. The number of anilines is 1. The first kappa shape index (κ1) is 14.8. The molecule has 0 aromatic carbocycles. The topological polar surface area (TPSA) is 57.3 Å². The maximum Gasteiger partial charge on any atom is 0.254 e. The van der Waals surface area contributed by atoms with Gasteiger partial charge in [-0.1, -0.05) is 6.92 Å². The fourth-order valence-electron chi connectivity index (χ4n) is 2.63. The zero-order valence-corrected chi connectivity index (χ0v) is 12.4. The number of pyridine rings is 1. The number of nitrogens with zero attached hydrogens (tertiary/aromatic N) is 2. The molecule has 1 fully saturated rings. The van der Waals surface area contributed by atoms with Crippen LogP contribution in [0.2, 0.25) is 0 Å². The van der Waals surface area contributed by atoms with Crippen molar-refractivity contribution in [2.24, 2.45) is 5.92 Å². The zero-order chi connectivity index (χ0) is 14.4. The van der Waals surface area contributed by atoms with Crippen molar-refractivity contribution in [2.45, 2.75) is 19.8 Å². The Morgan fingerprint density at radius 1 is 1.45 bits per heavy atom. The number of rotatable bonds is 6. The summed E-state index contributed by atoms with van der Waals surface area (Å²) in [5.74, 6) is 0.405. The van der Waals surface area contributed by atoms with E-state index in [1.165, 1.54) is 25.9 Å². The van der Waals surface area contributed by atoms with E-state index in [2.05, 4.69) is 27.4 Å². The first-order valence-corrected chi connectivity index (χ1v) is 7.33. The summed E-state index contributed by atoms with van der Waals surface area (Å²) in [6, 6.07) is 1.81. The molecule has 0 aliphatic carbocycles. The Morgan fingerprint density at radius 3 is 2.90 bits per heavy atom. The Bertz CT molecular complexity index is 443. The van der Waals surface area contributed by atoms with Crippen LogP contribution in [0.3, 0.4) is 0 Å². The molecular weight excluding hydrogens is 252 g/mol. The third kappa shape index (κ3) is 3.93. The molecule has 1 aliphatic heterocycles. The highest BCUT2D eigenvalue weighted by Gasteiger charge is 2.16. The molecule has 5 nitrogen and oxygen atoms in total. The predicted octanol–water partition coefficient (Wildman–Crippen LogP) is 1.58. The molecule has 2 N–H and O–H groups in total. The molecule has 1 saturated heterocycles. The molecule has 0 spiro atoms. The van der Waals surface area contributed by atoms with Gasteiger partial charge >= 0.3 is 0 Å². The lowest BCUT2D eigenvalue weighted by Gasteiger charge is -2.20. The molecule has 1 amide bonds. The van der Waals surface area contributed by atoms with E-state index in [4.69, 9.17) is 0 Å². The minimum absolute atomic E-state index is 0.0595. The first-order chi connectivity index (χ1) is 9.70. The Balaban J connectivity index is 1.82. The van der Waals surface area contributed by atoms with Gasteiger partial charge in [0.15, 0.2) is 0 Å². The lowest BCUT2D eigenvalue weighted by molar-refractivity contribution is 0.0945. The smallest absolute Gasteiger partial charge is 0.254 e. The van der Waals surface area contributed by atoms with Crippen LogP contribution < -0.4 is 10.6 Å². The van der Waals surface area contributed by atoms with E-state index in [0.29, 0.717) is 18.0 Å². The molecule has 20 heavy (non-hydrogen) atoms. The SMILES string of the molecule is CNc1ccncc1C(=O)NCC(C)CN1CCCC1. The fraction of sp³-hybridized carbons (Fsp3) is 0.600. The second kappa shape index (κ2) is 7.24. The Hall–Kier alpha value is -1.62. The Morgan fingerprint density at radius 2 is 2.20 bits per heavy atom. The van der Waals surface area contributed by atoms with Gasteiger partial charge < -0.3 is 15.5 Å². The number of carbonyl (C=O) groups excluding carboxylic acids is 1. The summed E-state index contributed by atoms with van der Waals surface area (Å²) in [6.07, 6.45) is 5.89. The van der Waals surface area contributed by atoms with Crippen LogP contribution in [0.4, 0.5) is 5.69 Å². The first-order valence-electron chi connectivity index (χ1n) is 7.33. The van der Waals surface area contributed by atoms with Crippen molar-refractivity contribution in [1.29, 1.82) is 0 Å². The number of amides is 1. The third-order valence-corrected chi connectivity index (χ3v) is 3.71. The van der Waals surface area contributed by atoms with Gasteiger partial charge in [0.1, 0.15) is 0 Å². The highest BCUT2D eigenvalue weighted by molar-refractivity contribution is 5.99. The molecule has 1 aromatic rings. The summed E-state index contributed by atoms with van der Waals surface area (Å²) >= 11 is 0. The van der Waals surface area contributed by atoms with Gasteiger partial charge in [0.25, 0.3) is 5.91 Å². The average molecular weight is 276 g/mol. The molecular formula is C15H24N4O. The van der Waals surface area contributed by atoms with Gasteiger partial charge in [-0.05, 0) is 37.9 Å². The molecule has 1 unspecified atom stereocenters. The van der Waals surface area contributed by atoms with E-state index in [0.717, 1.165) is 12.2 Å². The van der Waals surface area contributed by atoms with E-state index in [9.17, 15) is 4.79 Å². The molecule has 0 bridgehead atoms. The average Bonchev–Trinajstić information content (AvgIpc) is 2.97. The van der Waals surface area contributed by atoms with Gasteiger partial charge in [0.2, 0.25) is 0 Å². The van der Waals surface area contributed by atoms with Crippen molar-refractivity contribution in [3.8, 4) is 0 Å². The minimum atomic E-state index is -0.0595. The molecule has 1 aliphatic rings. The summed E-state index contributed by atoms with van der Waals surface area (Å²) < 4.78 is 0. The quantitative estimate of drug-likeness (QED) is 0.828. The summed E-state index contributed by atoms with van der Waals surface area (Å²) in [5, 5.41) is 6.02. The van der Waals surface area contributed by atoms with Gasteiger partial charge in [-0.3, -0.25) is 9.78 Å². The van der Waals surface area contributed by atoms with Crippen molar-refractivity contribution in [3.63, 3.8) is 0 Å². The van der Waals surface area contributed by atoms with E-state index < -0.39 is 0 Å². The van der Waals surface area contributed by atoms with Gasteiger partial charge in [-0.15, -0.1) is 0 Å². The number of aromatic nitrogens is 1. The van der Waals surface area contributed by atoms with Crippen molar-refractivity contribution >= 4 is 11.6 Å². The standard InChI is InChI=1S/C15H24N4O/c1-12(11-19-7-3-4-8-19)9-18-15(20)13-10-17-6-5-14(13)16-2/h5-6,10,12H,3-4,7-9,11H2,1-2H3,(H,16,17)(H,18,20). The number of carbonyl (C=O) groups is 1. The summed E-state index contributed by atoms with van der Waals surface area (Å²) in [4.78, 5) is 18.6. The van der Waals surface area contributed by atoms with Crippen molar-refractivity contribution in [2.75, 3.05) is 38.5 Å². The monoisotopic (exact) mass is 276 g/mol. The number of likely N-dealkylation sites (tertiary alicyclic amines) is 1. The Kier molecular flexibility index (Phi) is 5.35. The van der Waals surface area contributed by atoms with Gasteiger partial charge in [0, 0.05) is 38.2 Å². The maximum absolute atomic E-state index is 12.2. The largest absolute Gasteiger partial charge is 0.387 e. The lowest BCUT2D eigenvalue weighted by Crippen LogP contribution is -2.34. The second-order valence-corrected chi connectivity index (χ2v) is 5.49. The lowest BCUT2D eigenvalue weighted by atomic mass is 10.1. The van der Waals surface area contributed by atoms with Crippen molar-refractivity contribution in [3.05, 3.63) is 24.0 Å². The van der Waals surface area contributed by atoms with Crippen LogP contribution in [-0.4, -0.2) is 49.0 Å². The van der Waals surface area contributed by atoms with E-state index in [-0.39, 0.29) is 5.91 Å². The van der Waals surface area contributed by atoms with Crippen LogP contribution >= 0.6 is 0 Å². The van der Waals surface area contributed by atoms with Crippen LogP contribution in [0.5, 0.6) is 0 Å². The van der Waals surface area contributed by atoms with Crippen LogP contribution in [0, 0.1) is 5.92 Å². The maximum atomic E-state index is 12.2. The summed E-state index contributed by atoms with van der Waals surface area (Å²) in [5.41, 5.74) is 1.41. The van der Waals surface area contributed by atoms with Crippen LogP contribution in [0.1, 0.15) is 30.1 Å². The van der Waals surface area contributed by atoms with Crippen LogP contribution in [-0.2, 0) is 0 Å². The zero-order valence-electron chi connectivity index (χ0n) is 12.4. The molecule has 0 saturated carbocycles. The van der Waals surface area contributed by atoms with Crippen LogP contribution in [0.15, 0.2) is 18.5 Å². The minimum Gasteiger partial charge on any atom is -0.387 e. The molecule has 110 valence electrons. The predicted molar refractivity (Wildman–Crippen MR) is 81.0 cm³/mol. The molecule has 0 radical (unpaired) electrons. The Labute approximate surface area is 120 Å². The number of nitrogens with one attached hydrogen (secondary N) is 2. The summed E-state index contributed by atoms with van der Waals surface area (Å²) in [7, 11) is 1.81. The van der Waals surface area contributed by atoms with E-state index in [1.54, 1.807) is 12.4 Å². The van der Waals surface area contributed by atoms with Gasteiger partial charge in [-0.25, -0.2) is 0 Å². The molecule has 2 rings (SSSR count). The molecule has 2 heterocycles. The van der Waals surface area contributed by atoms with Gasteiger partial charge in [-0.2, -0.15) is 0 Å². The normalized spacial score (nSPS) is 16.9. The highest BCUT2D eigenvalue weighted by atomic mass is 16.1. The van der Waals surface area contributed by atoms with E-state index >= 15 is 0 Å². The molecule has 5 heteroatoms. The van der Waals surface area contributed by atoms with Crippen LogP contribution in [0.25, 0.3) is 0 Å².